The van der Waals surface area contributed by atoms with Crippen LogP contribution >= 0.6 is 0 Å². The van der Waals surface area contributed by atoms with Crippen LogP contribution in [0.25, 0.3) is 0 Å². The van der Waals surface area contributed by atoms with Crippen LogP contribution in [0.2, 0.25) is 0 Å². The van der Waals surface area contributed by atoms with Gasteiger partial charge in [0.1, 0.15) is 0 Å². The summed E-state index contributed by atoms with van der Waals surface area (Å²) in [4.78, 5) is 6.86. The van der Waals surface area contributed by atoms with Crippen LogP contribution in [0.15, 0.2) is 12.5 Å². The van der Waals surface area contributed by atoms with Crippen LogP contribution in [-0.2, 0) is 0 Å². The Hall–Kier alpha value is -0.870. The van der Waals surface area contributed by atoms with Crippen molar-refractivity contribution in [2.75, 3.05) is 13.1 Å². The molecule has 0 aromatic carbocycles. The Bertz CT molecular complexity index is 254. The van der Waals surface area contributed by atoms with Gasteiger partial charge in [-0.1, -0.05) is 0 Å². The molecule has 1 aromatic heterocycles. The summed E-state index contributed by atoms with van der Waals surface area (Å²) in [5.74, 6) is 0.648. The van der Waals surface area contributed by atoms with Crippen molar-refractivity contribution in [2.24, 2.45) is 5.92 Å². The number of nitrogens with one attached hydrogen (secondary N) is 2. The lowest BCUT2D eigenvalue weighted by Gasteiger charge is -2.24. The summed E-state index contributed by atoms with van der Waals surface area (Å²) < 4.78 is 0. The second-order valence-electron chi connectivity index (χ2n) is 3.95. The van der Waals surface area contributed by atoms with Crippen LogP contribution in [-0.4, -0.2) is 28.2 Å². The highest BCUT2D eigenvalue weighted by Crippen LogP contribution is 2.24. The minimum atomic E-state index is -0.374. The van der Waals surface area contributed by atoms with E-state index in [0.717, 1.165) is 25.2 Å². The molecule has 0 aliphatic carbocycles. The number of piperidine rings is 1. The van der Waals surface area contributed by atoms with E-state index in [-0.39, 0.29) is 6.10 Å². The fraction of sp³-hybridized carbons (Fsp3) is 0.700. The lowest BCUT2D eigenvalue weighted by atomic mass is 9.91. The van der Waals surface area contributed by atoms with E-state index in [0.29, 0.717) is 5.92 Å². The molecule has 0 spiro atoms. The van der Waals surface area contributed by atoms with Gasteiger partial charge in [0.05, 0.1) is 24.3 Å². The van der Waals surface area contributed by atoms with E-state index in [1.807, 2.05) is 0 Å². The largest absolute Gasteiger partial charge is 0.387 e. The van der Waals surface area contributed by atoms with Gasteiger partial charge in [0.2, 0.25) is 0 Å². The number of imidazole rings is 1. The van der Waals surface area contributed by atoms with E-state index >= 15 is 0 Å². The molecule has 1 saturated heterocycles. The normalized spacial score (nSPS) is 20.9. The Morgan fingerprint density at radius 1 is 1.50 bits per heavy atom. The van der Waals surface area contributed by atoms with Gasteiger partial charge in [0, 0.05) is 0 Å². The third-order valence-corrected chi connectivity index (χ3v) is 2.89. The number of aromatic amines is 1. The third kappa shape index (κ3) is 2.33. The average Bonchev–Trinajstić information content (AvgIpc) is 2.72. The van der Waals surface area contributed by atoms with Gasteiger partial charge in [-0.3, -0.25) is 0 Å². The molecule has 0 radical (unpaired) electrons. The van der Waals surface area contributed by atoms with Gasteiger partial charge >= 0.3 is 0 Å². The molecule has 4 heteroatoms. The first-order chi connectivity index (χ1) is 6.86. The number of rotatable bonds is 3. The van der Waals surface area contributed by atoms with Crippen molar-refractivity contribution in [2.45, 2.75) is 25.4 Å². The van der Waals surface area contributed by atoms with Crippen LogP contribution in [0, 0.1) is 5.92 Å². The Balaban J connectivity index is 1.84. The van der Waals surface area contributed by atoms with E-state index in [9.17, 15) is 5.11 Å². The van der Waals surface area contributed by atoms with E-state index in [2.05, 4.69) is 15.3 Å². The van der Waals surface area contributed by atoms with Crippen molar-refractivity contribution in [1.29, 1.82) is 0 Å². The maximum atomic E-state index is 9.87. The van der Waals surface area contributed by atoms with Gasteiger partial charge < -0.3 is 15.4 Å². The minimum absolute atomic E-state index is 0.374. The lowest BCUT2D eigenvalue weighted by Crippen LogP contribution is -2.28. The Morgan fingerprint density at radius 3 is 2.93 bits per heavy atom. The monoisotopic (exact) mass is 195 g/mol. The maximum absolute atomic E-state index is 9.87. The first-order valence-electron chi connectivity index (χ1n) is 5.23. The minimum Gasteiger partial charge on any atom is -0.387 e. The molecule has 14 heavy (non-hydrogen) atoms. The molecule has 1 fully saturated rings. The molecule has 1 unspecified atom stereocenters. The summed E-state index contributed by atoms with van der Waals surface area (Å²) in [5, 5.41) is 13.2. The molecule has 78 valence electrons. The molecule has 1 aliphatic heterocycles. The zero-order chi connectivity index (χ0) is 9.80. The highest BCUT2D eigenvalue weighted by atomic mass is 16.3. The summed E-state index contributed by atoms with van der Waals surface area (Å²) in [5.41, 5.74) is 0.837. The number of nitrogens with zero attached hydrogens (tertiary/aromatic N) is 1. The van der Waals surface area contributed by atoms with Gasteiger partial charge in [-0.05, 0) is 38.3 Å². The molecule has 1 atom stereocenters. The predicted octanol–water partition coefficient (Wildman–Crippen LogP) is 0.833. The van der Waals surface area contributed by atoms with Crippen LogP contribution < -0.4 is 5.32 Å². The summed E-state index contributed by atoms with van der Waals surface area (Å²) in [7, 11) is 0. The second-order valence-corrected chi connectivity index (χ2v) is 3.95. The van der Waals surface area contributed by atoms with Crippen molar-refractivity contribution >= 4 is 0 Å². The average molecular weight is 195 g/mol. The van der Waals surface area contributed by atoms with Gasteiger partial charge in [-0.15, -0.1) is 0 Å². The van der Waals surface area contributed by atoms with Crippen LogP contribution in [0.5, 0.6) is 0 Å². The summed E-state index contributed by atoms with van der Waals surface area (Å²) in [6.07, 6.45) is 6.13. The Morgan fingerprint density at radius 2 is 2.29 bits per heavy atom. The van der Waals surface area contributed by atoms with Crippen molar-refractivity contribution < 1.29 is 5.11 Å². The van der Waals surface area contributed by atoms with E-state index in [1.165, 1.54) is 12.8 Å². The number of H-pyrrole nitrogens is 1. The van der Waals surface area contributed by atoms with Crippen molar-refractivity contribution in [3.63, 3.8) is 0 Å². The van der Waals surface area contributed by atoms with Gasteiger partial charge in [-0.25, -0.2) is 4.98 Å². The predicted molar refractivity (Wildman–Crippen MR) is 53.8 cm³/mol. The van der Waals surface area contributed by atoms with E-state index in [4.69, 9.17) is 0 Å². The van der Waals surface area contributed by atoms with E-state index < -0.39 is 0 Å². The number of hydrogen-bond donors (Lipinski definition) is 3. The van der Waals surface area contributed by atoms with Gasteiger partial charge in [-0.2, -0.15) is 0 Å². The standard InChI is InChI=1S/C10H17N3O/c14-10(9-6-12-7-13-9)5-8-1-3-11-4-2-8/h6-8,10-11,14H,1-5H2,(H,12,13). The van der Waals surface area contributed by atoms with E-state index in [1.54, 1.807) is 12.5 Å². The maximum Gasteiger partial charge on any atom is 0.0956 e. The zero-order valence-electron chi connectivity index (χ0n) is 8.24. The molecule has 0 bridgehead atoms. The quantitative estimate of drug-likeness (QED) is 0.669. The molecule has 0 saturated carbocycles. The van der Waals surface area contributed by atoms with Crippen LogP contribution in [0.4, 0.5) is 0 Å². The fourth-order valence-electron chi connectivity index (χ4n) is 2.01. The first-order valence-corrected chi connectivity index (χ1v) is 5.23. The number of hydrogen-bond acceptors (Lipinski definition) is 3. The molecular weight excluding hydrogens is 178 g/mol. The molecule has 2 rings (SSSR count). The third-order valence-electron chi connectivity index (χ3n) is 2.89. The van der Waals surface area contributed by atoms with Crippen molar-refractivity contribution in [3.05, 3.63) is 18.2 Å². The molecule has 1 aliphatic rings. The highest BCUT2D eigenvalue weighted by molar-refractivity contribution is 4.99. The highest BCUT2D eigenvalue weighted by Gasteiger charge is 2.18. The molecule has 3 N–H and O–H groups in total. The zero-order valence-corrected chi connectivity index (χ0v) is 8.24. The molecule has 1 aromatic rings. The van der Waals surface area contributed by atoms with Crippen LogP contribution in [0.3, 0.4) is 0 Å². The van der Waals surface area contributed by atoms with Crippen LogP contribution in [0.1, 0.15) is 31.1 Å². The number of aliphatic hydroxyl groups is 1. The van der Waals surface area contributed by atoms with Crippen molar-refractivity contribution in [3.8, 4) is 0 Å². The first kappa shape index (κ1) is 9.68. The molecule has 0 amide bonds. The fourth-order valence-corrected chi connectivity index (χ4v) is 2.01. The summed E-state index contributed by atoms with van der Waals surface area (Å²) in [6.45, 7) is 2.17. The second kappa shape index (κ2) is 4.57. The number of aromatic nitrogens is 2. The molecular formula is C10H17N3O. The van der Waals surface area contributed by atoms with Crippen molar-refractivity contribution in [1.82, 2.24) is 15.3 Å². The van der Waals surface area contributed by atoms with Gasteiger partial charge in [0.25, 0.3) is 0 Å². The Labute approximate surface area is 83.8 Å². The summed E-state index contributed by atoms with van der Waals surface area (Å²) >= 11 is 0. The smallest absolute Gasteiger partial charge is 0.0956 e. The topological polar surface area (TPSA) is 60.9 Å². The van der Waals surface area contributed by atoms with Gasteiger partial charge in [0.15, 0.2) is 0 Å². The lowest BCUT2D eigenvalue weighted by molar-refractivity contribution is 0.130. The Kier molecular flexibility index (Phi) is 3.16. The summed E-state index contributed by atoms with van der Waals surface area (Å²) in [6, 6.07) is 0. The molecule has 2 heterocycles. The molecule has 4 nitrogen and oxygen atoms in total. The SMILES string of the molecule is OC(CC1CCNCC1)c1cnc[nH]1. The number of aliphatic hydroxyl groups excluding tert-OH is 1.